The number of phenols is 1. The second-order valence-electron chi connectivity index (χ2n) is 8.85. The zero-order chi connectivity index (χ0) is 25.0. The molecular weight excluding hydrogens is 479 g/mol. The van der Waals surface area contributed by atoms with Crippen molar-refractivity contribution < 1.29 is 28.9 Å². The van der Waals surface area contributed by atoms with E-state index in [4.69, 9.17) is 16.3 Å². The van der Waals surface area contributed by atoms with E-state index in [9.17, 15) is 24.2 Å². The standard InChI is InChI=1S/C24H24ClFN4O5/c1-3-17(33)28-7-8-29-13(9-28)11-35-22-19(24(29)34)23(30-10-16(32)12(30)2)27-21(20(22)25)18-14(26)5-4-6-15(18)31/h3-6,12-13,16,31-32H,1,7-11H2,2H3/t12-,13+,16-/m0/s1. The first kappa shape index (κ1) is 23.4. The summed E-state index contributed by atoms with van der Waals surface area (Å²) in [5.41, 5.74) is -0.170. The van der Waals surface area contributed by atoms with Gasteiger partial charge in [0.2, 0.25) is 5.91 Å². The first-order valence-electron chi connectivity index (χ1n) is 11.2. The number of fused-ring (bicyclic) bond motifs is 2. The zero-order valence-corrected chi connectivity index (χ0v) is 19.7. The molecule has 1 aromatic heterocycles. The molecule has 0 aliphatic carbocycles. The molecule has 1 aromatic carbocycles. The normalized spacial score (nSPS) is 23.6. The van der Waals surface area contributed by atoms with Crippen molar-refractivity contribution in [1.29, 1.82) is 0 Å². The summed E-state index contributed by atoms with van der Waals surface area (Å²) in [7, 11) is 0. The van der Waals surface area contributed by atoms with Crippen LogP contribution in [0.2, 0.25) is 5.02 Å². The summed E-state index contributed by atoms with van der Waals surface area (Å²) in [4.78, 5) is 35.5. The lowest BCUT2D eigenvalue weighted by molar-refractivity contribution is -0.128. The molecule has 2 fully saturated rings. The Balaban J connectivity index is 1.66. The molecule has 2 amide bonds. The molecule has 35 heavy (non-hydrogen) atoms. The summed E-state index contributed by atoms with van der Waals surface area (Å²) in [6.07, 6.45) is 0.600. The lowest BCUT2D eigenvalue weighted by atomic mass is 9.98. The minimum atomic E-state index is -0.738. The summed E-state index contributed by atoms with van der Waals surface area (Å²) in [5, 5.41) is 20.4. The van der Waals surface area contributed by atoms with Crippen LogP contribution in [0, 0.1) is 5.82 Å². The number of aliphatic hydroxyl groups is 1. The van der Waals surface area contributed by atoms with Gasteiger partial charge in [-0.1, -0.05) is 24.2 Å². The Bertz CT molecular complexity index is 1220. The van der Waals surface area contributed by atoms with Crippen LogP contribution >= 0.6 is 11.6 Å². The number of hydrogen-bond donors (Lipinski definition) is 2. The Labute approximate surface area is 206 Å². The molecule has 2 saturated heterocycles. The zero-order valence-electron chi connectivity index (χ0n) is 18.9. The molecule has 9 nitrogen and oxygen atoms in total. The number of carbonyl (C=O) groups is 2. The van der Waals surface area contributed by atoms with E-state index in [-0.39, 0.29) is 83.3 Å². The van der Waals surface area contributed by atoms with Crippen molar-refractivity contribution in [2.45, 2.75) is 25.1 Å². The highest BCUT2D eigenvalue weighted by molar-refractivity contribution is 6.35. The van der Waals surface area contributed by atoms with Gasteiger partial charge in [-0.2, -0.15) is 0 Å². The number of anilines is 1. The second-order valence-corrected chi connectivity index (χ2v) is 9.23. The lowest BCUT2D eigenvalue weighted by Crippen LogP contribution is -2.60. The monoisotopic (exact) mass is 502 g/mol. The summed E-state index contributed by atoms with van der Waals surface area (Å²) < 4.78 is 20.8. The number of aromatic hydroxyl groups is 1. The molecule has 4 heterocycles. The molecule has 5 rings (SSSR count). The smallest absolute Gasteiger partial charge is 0.261 e. The van der Waals surface area contributed by atoms with Crippen LogP contribution in [-0.2, 0) is 4.79 Å². The van der Waals surface area contributed by atoms with E-state index in [0.717, 1.165) is 0 Å². The summed E-state index contributed by atoms with van der Waals surface area (Å²) in [5.74, 6) is -1.50. The second kappa shape index (κ2) is 8.69. The molecule has 3 aliphatic rings. The quantitative estimate of drug-likeness (QED) is 0.619. The number of hydrogen-bond acceptors (Lipinski definition) is 7. The van der Waals surface area contributed by atoms with E-state index in [1.165, 1.54) is 24.3 Å². The molecule has 11 heteroatoms. The van der Waals surface area contributed by atoms with E-state index in [2.05, 4.69) is 11.6 Å². The van der Waals surface area contributed by atoms with Gasteiger partial charge in [0.1, 0.15) is 40.3 Å². The number of rotatable bonds is 3. The van der Waals surface area contributed by atoms with E-state index < -0.39 is 18.0 Å². The maximum Gasteiger partial charge on any atom is 0.261 e. The van der Waals surface area contributed by atoms with Crippen LogP contribution in [0.15, 0.2) is 30.9 Å². The Morgan fingerprint density at radius 3 is 2.71 bits per heavy atom. The first-order valence-corrected chi connectivity index (χ1v) is 11.6. The van der Waals surface area contributed by atoms with Crippen LogP contribution in [-0.4, -0.2) is 87.8 Å². The van der Waals surface area contributed by atoms with Gasteiger partial charge in [-0.05, 0) is 25.1 Å². The van der Waals surface area contributed by atoms with Gasteiger partial charge in [-0.3, -0.25) is 9.59 Å². The number of carbonyl (C=O) groups excluding carboxylic acids is 2. The lowest BCUT2D eigenvalue weighted by Gasteiger charge is -2.45. The predicted octanol–water partition coefficient (Wildman–Crippen LogP) is 2.05. The Morgan fingerprint density at radius 1 is 1.29 bits per heavy atom. The topological polar surface area (TPSA) is 106 Å². The molecule has 2 aromatic rings. The minimum absolute atomic E-state index is 0.0314. The number of aromatic nitrogens is 1. The molecule has 0 saturated carbocycles. The predicted molar refractivity (Wildman–Crippen MR) is 126 cm³/mol. The molecule has 0 unspecified atom stereocenters. The van der Waals surface area contributed by atoms with Gasteiger partial charge < -0.3 is 29.6 Å². The molecule has 184 valence electrons. The number of β-amino-alcohol motifs (C(OH)–C–C–N with tert-alkyl or cyclic N) is 1. The van der Waals surface area contributed by atoms with Crippen molar-refractivity contribution in [3.63, 3.8) is 0 Å². The van der Waals surface area contributed by atoms with E-state index in [0.29, 0.717) is 6.54 Å². The van der Waals surface area contributed by atoms with Crippen LogP contribution in [0.5, 0.6) is 11.5 Å². The minimum Gasteiger partial charge on any atom is -0.507 e. The molecule has 0 spiro atoms. The number of benzene rings is 1. The molecule has 0 bridgehead atoms. The van der Waals surface area contributed by atoms with Crippen molar-refractivity contribution in [2.75, 3.05) is 37.7 Å². The van der Waals surface area contributed by atoms with E-state index >= 15 is 0 Å². The van der Waals surface area contributed by atoms with Crippen molar-refractivity contribution in [1.82, 2.24) is 14.8 Å². The van der Waals surface area contributed by atoms with Gasteiger partial charge in [0.05, 0.1) is 23.8 Å². The maximum absolute atomic E-state index is 14.8. The fourth-order valence-corrected chi connectivity index (χ4v) is 5.05. The number of phenolic OH excluding ortho intramolecular Hbond substituents is 1. The molecule has 3 aliphatic heterocycles. The number of nitrogens with zero attached hydrogens (tertiary/aromatic N) is 4. The molecule has 2 N–H and O–H groups in total. The third-order valence-electron chi connectivity index (χ3n) is 6.87. The number of amides is 2. The molecular formula is C24H24ClFN4O5. The van der Waals surface area contributed by atoms with Gasteiger partial charge >= 0.3 is 0 Å². The average Bonchev–Trinajstić information content (AvgIpc) is 3.00. The van der Waals surface area contributed by atoms with Crippen LogP contribution < -0.4 is 9.64 Å². The van der Waals surface area contributed by atoms with Gasteiger partial charge in [-0.25, -0.2) is 9.37 Å². The highest BCUT2D eigenvalue weighted by Crippen LogP contribution is 2.47. The fourth-order valence-electron chi connectivity index (χ4n) is 4.77. The van der Waals surface area contributed by atoms with Crippen molar-refractivity contribution >= 4 is 29.2 Å². The van der Waals surface area contributed by atoms with Crippen LogP contribution in [0.4, 0.5) is 10.2 Å². The SMILES string of the molecule is C=CC(=O)N1CCN2C(=O)c3c(N4C[C@H](O)[C@@H]4C)nc(-c4c(O)cccc4F)c(Cl)c3OC[C@H]2C1. The third-order valence-corrected chi connectivity index (χ3v) is 7.22. The summed E-state index contributed by atoms with van der Waals surface area (Å²) in [6, 6.07) is 3.04. The number of piperazine rings is 1. The van der Waals surface area contributed by atoms with Crippen molar-refractivity contribution in [3.05, 3.63) is 47.3 Å². The van der Waals surface area contributed by atoms with Crippen molar-refractivity contribution in [2.24, 2.45) is 0 Å². The van der Waals surface area contributed by atoms with E-state index in [1.807, 2.05) is 0 Å². The highest BCUT2D eigenvalue weighted by atomic mass is 35.5. The molecule has 3 atom stereocenters. The Hall–Kier alpha value is -3.37. The first-order chi connectivity index (χ1) is 16.7. The van der Waals surface area contributed by atoms with Crippen LogP contribution in [0.3, 0.4) is 0 Å². The average molecular weight is 503 g/mol. The number of aliphatic hydroxyl groups excluding tert-OH is 1. The third kappa shape index (κ3) is 3.68. The van der Waals surface area contributed by atoms with Crippen LogP contribution in [0.25, 0.3) is 11.3 Å². The highest BCUT2D eigenvalue weighted by Gasteiger charge is 2.44. The Kier molecular flexibility index (Phi) is 5.80. The van der Waals surface area contributed by atoms with Crippen molar-refractivity contribution in [3.8, 4) is 22.8 Å². The van der Waals surface area contributed by atoms with Gasteiger partial charge in [0.25, 0.3) is 5.91 Å². The van der Waals surface area contributed by atoms with Crippen LogP contribution in [0.1, 0.15) is 17.3 Å². The van der Waals surface area contributed by atoms with Gasteiger partial charge in [0.15, 0.2) is 5.75 Å². The fraction of sp³-hybridized carbons (Fsp3) is 0.375. The summed E-state index contributed by atoms with van der Waals surface area (Å²) in [6.45, 7) is 6.42. The van der Waals surface area contributed by atoms with Gasteiger partial charge in [0, 0.05) is 26.2 Å². The number of halogens is 2. The largest absolute Gasteiger partial charge is 0.507 e. The van der Waals surface area contributed by atoms with Gasteiger partial charge in [-0.15, -0.1) is 0 Å². The number of ether oxygens (including phenoxy) is 1. The molecule has 0 radical (unpaired) electrons. The Morgan fingerprint density at radius 2 is 2.06 bits per heavy atom. The summed E-state index contributed by atoms with van der Waals surface area (Å²) >= 11 is 6.66. The number of pyridine rings is 1. The maximum atomic E-state index is 14.8. The van der Waals surface area contributed by atoms with E-state index in [1.54, 1.807) is 21.6 Å².